The second-order valence-electron chi connectivity index (χ2n) is 6.76. The lowest BCUT2D eigenvalue weighted by Crippen LogP contribution is -2.25. The van der Waals surface area contributed by atoms with Gasteiger partial charge in [-0.05, 0) is 32.0 Å². The molecule has 0 spiro atoms. The average Bonchev–Trinajstić information content (AvgIpc) is 3.08. The number of aliphatic hydroxyl groups excluding tert-OH is 1. The number of anilines is 2. The van der Waals surface area contributed by atoms with Crippen LogP contribution in [0.5, 0.6) is 5.75 Å². The number of ether oxygens (including phenoxy) is 1. The maximum atomic E-state index is 14.3. The summed E-state index contributed by atoms with van der Waals surface area (Å²) in [5, 5.41) is 32.1. The number of aromatic nitrogens is 3. The largest absolute Gasteiger partial charge is 0.488 e. The summed E-state index contributed by atoms with van der Waals surface area (Å²) in [6.07, 6.45) is 0.957. The van der Waals surface area contributed by atoms with Gasteiger partial charge in [-0.25, -0.2) is 18.7 Å². The van der Waals surface area contributed by atoms with Crippen molar-refractivity contribution in [2.75, 3.05) is 23.8 Å². The standard InChI is InChI=1S/C20H21FN6O4.ClH/c1-3-26(16-6-7-27-19(24-16)17(20(29)30)18(23)25-27)9-13-12(8-22)14(21)4-5-15(13)31-11(2)10-28;/h4-7,11,28H,3,9-10H2,1-2H3,(H2,23,25)(H,29,30);1H. The lowest BCUT2D eigenvalue weighted by molar-refractivity contribution is 0.0700. The van der Waals surface area contributed by atoms with Gasteiger partial charge in [-0.3, -0.25) is 0 Å². The number of rotatable bonds is 8. The second kappa shape index (κ2) is 10.1. The Morgan fingerprint density at radius 3 is 2.75 bits per heavy atom. The highest BCUT2D eigenvalue weighted by molar-refractivity contribution is 5.99. The number of hydrogen-bond donors (Lipinski definition) is 3. The third-order valence-corrected chi connectivity index (χ3v) is 4.68. The molecular formula is C20H22ClFN6O4. The number of nitrogen functional groups attached to an aromatic ring is 1. The Hall–Kier alpha value is -3.62. The normalized spacial score (nSPS) is 11.5. The predicted molar refractivity (Wildman–Crippen MR) is 117 cm³/mol. The molecule has 0 bridgehead atoms. The van der Waals surface area contributed by atoms with E-state index < -0.39 is 17.9 Å². The monoisotopic (exact) mass is 464 g/mol. The maximum absolute atomic E-state index is 14.3. The van der Waals surface area contributed by atoms with E-state index in [2.05, 4.69) is 10.1 Å². The van der Waals surface area contributed by atoms with Crippen molar-refractivity contribution in [2.45, 2.75) is 26.5 Å². The molecule has 32 heavy (non-hydrogen) atoms. The van der Waals surface area contributed by atoms with Gasteiger partial charge in [-0.1, -0.05) is 0 Å². The summed E-state index contributed by atoms with van der Waals surface area (Å²) in [6, 6.07) is 6.01. The summed E-state index contributed by atoms with van der Waals surface area (Å²) in [6.45, 7) is 3.68. The number of aliphatic hydroxyl groups is 1. The number of carboxylic acids is 1. The van der Waals surface area contributed by atoms with Crippen LogP contribution in [-0.4, -0.2) is 50.0 Å². The smallest absolute Gasteiger partial charge is 0.343 e. The number of fused-ring (bicyclic) bond motifs is 1. The number of carbonyl (C=O) groups is 1. The molecule has 3 rings (SSSR count). The number of aromatic carboxylic acids is 1. The van der Waals surface area contributed by atoms with Crippen LogP contribution >= 0.6 is 12.4 Å². The molecule has 0 radical (unpaired) electrons. The van der Waals surface area contributed by atoms with Crippen LogP contribution in [0.15, 0.2) is 24.4 Å². The zero-order valence-electron chi connectivity index (χ0n) is 17.3. The Morgan fingerprint density at radius 1 is 1.44 bits per heavy atom. The van der Waals surface area contributed by atoms with Crippen molar-refractivity contribution in [1.29, 1.82) is 5.26 Å². The number of benzene rings is 1. The number of nitriles is 1. The van der Waals surface area contributed by atoms with Crippen LogP contribution in [0, 0.1) is 17.1 Å². The van der Waals surface area contributed by atoms with Gasteiger partial charge in [0.15, 0.2) is 11.5 Å². The topological polar surface area (TPSA) is 150 Å². The molecule has 0 amide bonds. The summed E-state index contributed by atoms with van der Waals surface area (Å²) >= 11 is 0. The van der Waals surface area contributed by atoms with Gasteiger partial charge < -0.3 is 25.6 Å². The van der Waals surface area contributed by atoms with E-state index in [9.17, 15) is 24.7 Å². The minimum atomic E-state index is -1.26. The van der Waals surface area contributed by atoms with Crippen molar-refractivity contribution in [3.8, 4) is 11.8 Å². The highest BCUT2D eigenvalue weighted by atomic mass is 35.5. The van der Waals surface area contributed by atoms with Crippen LogP contribution in [0.4, 0.5) is 16.0 Å². The Labute approximate surface area is 189 Å². The molecule has 12 heteroatoms. The van der Waals surface area contributed by atoms with Crippen molar-refractivity contribution in [2.24, 2.45) is 0 Å². The van der Waals surface area contributed by atoms with Crippen molar-refractivity contribution >= 4 is 35.7 Å². The van der Waals surface area contributed by atoms with Gasteiger partial charge in [0.25, 0.3) is 0 Å². The van der Waals surface area contributed by atoms with Crippen LogP contribution in [0.1, 0.15) is 35.3 Å². The van der Waals surface area contributed by atoms with Crippen LogP contribution in [0.2, 0.25) is 0 Å². The van der Waals surface area contributed by atoms with E-state index in [-0.39, 0.29) is 59.5 Å². The van der Waals surface area contributed by atoms with Crippen molar-refractivity contribution in [3.63, 3.8) is 0 Å². The number of hydrogen-bond acceptors (Lipinski definition) is 8. The fourth-order valence-electron chi connectivity index (χ4n) is 3.11. The predicted octanol–water partition coefficient (Wildman–Crippen LogP) is 2.23. The lowest BCUT2D eigenvalue weighted by Gasteiger charge is -2.25. The van der Waals surface area contributed by atoms with Gasteiger partial charge in [0.05, 0.1) is 12.2 Å². The van der Waals surface area contributed by atoms with Crippen molar-refractivity contribution in [3.05, 3.63) is 46.9 Å². The molecule has 2 aromatic heterocycles. The van der Waals surface area contributed by atoms with E-state index in [0.717, 1.165) is 6.07 Å². The quantitative estimate of drug-likeness (QED) is 0.455. The summed E-state index contributed by atoms with van der Waals surface area (Å²) in [5.74, 6) is -1.47. The van der Waals surface area contributed by atoms with Crippen LogP contribution in [0.25, 0.3) is 5.65 Å². The Bertz CT molecular complexity index is 1180. The molecule has 1 aromatic carbocycles. The zero-order valence-corrected chi connectivity index (χ0v) is 18.1. The fourth-order valence-corrected chi connectivity index (χ4v) is 3.11. The average molecular weight is 465 g/mol. The van der Waals surface area contributed by atoms with E-state index in [1.807, 2.05) is 13.0 Å². The minimum Gasteiger partial charge on any atom is -0.488 e. The first kappa shape index (κ1) is 24.6. The number of halogens is 2. The first-order chi connectivity index (χ1) is 14.8. The molecule has 0 saturated heterocycles. The van der Waals surface area contributed by atoms with Gasteiger partial charge >= 0.3 is 5.97 Å². The van der Waals surface area contributed by atoms with E-state index in [0.29, 0.717) is 12.4 Å². The van der Waals surface area contributed by atoms with E-state index >= 15 is 0 Å². The molecule has 10 nitrogen and oxygen atoms in total. The van der Waals surface area contributed by atoms with E-state index in [1.54, 1.807) is 17.9 Å². The number of nitrogens with zero attached hydrogens (tertiary/aromatic N) is 5. The van der Waals surface area contributed by atoms with E-state index in [1.165, 1.54) is 16.8 Å². The van der Waals surface area contributed by atoms with Gasteiger partial charge in [0, 0.05) is 24.8 Å². The first-order valence-corrected chi connectivity index (χ1v) is 9.42. The highest BCUT2D eigenvalue weighted by Crippen LogP contribution is 2.29. The van der Waals surface area contributed by atoms with Crippen LogP contribution in [-0.2, 0) is 6.54 Å². The molecule has 0 aliphatic heterocycles. The fraction of sp³-hybridized carbons (Fsp3) is 0.300. The van der Waals surface area contributed by atoms with E-state index in [4.69, 9.17) is 10.5 Å². The van der Waals surface area contributed by atoms with Gasteiger partial charge in [0.1, 0.15) is 35.1 Å². The lowest BCUT2D eigenvalue weighted by atomic mass is 10.1. The SMILES string of the molecule is CCN(Cc1c(OC(C)CO)ccc(F)c1C#N)c1ccn2nc(N)c(C(=O)O)c2n1.Cl. The second-order valence-corrected chi connectivity index (χ2v) is 6.76. The van der Waals surface area contributed by atoms with Gasteiger partial charge in [-0.15, -0.1) is 17.5 Å². The summed E-state index contributed by atoms with van der Waals surface area (Å²) in [4.78, 5) is 17.6. The molecule has 3 aromatic rings. The molecular weight excluding hydrogens is 443 g/mol. The molecule has 0 aliphatic rings. The molecule has 0 fully saturated rings. The van der Waals surface area contributed by atoms with Gasteiger partial charge in [-0.2, -0.15) is 5.26 Å². The molecule has 170 valence electrons. The van der Waals surface area contributed by atoms with Crippen molar-refractivity contribution in [1.82, 2.24) is 14.6 Å². The minimum absolute atomic E-state index is 0. The van der Waals surface area contributed by atoms with Crippen LogP contribution < -0.4 is 15.4 Å². The molecule has 0 aliphatic carbocycles. The number of nitrogens with two attached hydrogens (primary N) is 1. The van der Waals surface area contributed by atoms with Crippen molar-refractivity contribution < 1.29 is 24.1 Å². The highest BCUT2D eigenvalue weighted by Gasteiger charge is 2.22. The number of carboxylic acid groups (broad SMARTS) is 1. The Kier molecular flexibility index (Phi) is 7.80. The summed E-state index contributed by atoms with van der Waals surface area (Å²) < 4.78 is 21.2. The molecule has 4 N–H and O–H groups in total. The first-order valence-electron chi connectivity index (χ1n) is 9.42. The molecule has 0 saturated carbocycles. The third-order valence-electron chi connectivity index (χ3n) is 4.68. The maximum Gasteiger partial charge on any atom is 0.343 e. The molecule has 2 heterocycles. The third kappa shape index (κ3) is 4.66. The Morgan fingerprint density at radius 2 is 2.16 bits per heavy atom. The van der Waals surface area contributed by atoms with Crippen LogP contribution in [0.3, 0.4) is 0 Å². The summed E-state index contributed by atoms with van der Waals surface area (Å²) in [5.41, 5.74) is 5.64. The molecule has 1 atom stereocenters. The zero-order chi connectivity index (χ0) is 22.7. The summed E-state index contributed by atoms with van der Waals surface area (Å²) in [7, 11) is 0. The molecule has 1 unspecified atom stereocenters. The Balaban J connectivity index is 0.00000363. The van der Waals surface area contributed by atoms with Gasteiger partial charge in [0.2, 0.25) is 0 Å².